The van der Waals surface area contributed by atoms with Gasteiger partial charge in [-0.2, -0.15) is 10.1 Å². The Morgan fingerprint density at radius 3 is 2.64 bits per heavy atom. The van der Waals surface area contributed by atoms with Crippen molar-refractivity contribution >= 4 is 44.4 Å². The fourth-order valence-electron chi connectivity index (χ4n) is 3.31. The van der Waals surface area contributed by atoms with Crippen molar-refractivity contribution in [3.05, 3.63) is 95.1 Å². The Morgan fingerprint density at radius 1 is 1.24 bits per heavy atom. The van der Waals surface area contributed by atoms with Crippen LogP contribution in [0.25, 0.3) is 11.2 Å². The van der Waals surface area contributed by atoms with Gasteiger partial charge in [0.1, 0.15) is 0 Å². The number of nitro groups is 1. The molecule has 0 saturated carbocycles. The summed E-state index contributed by atoms with van der Waals surface area (Å²) in [6, 6.07) is 13.6. The Balaban J connectivity index is 1.77. The summed E-state index contributed by atoms with van der Waals surface area (Å²) in [5.74, 6) is 0.262. The van der Waals surface area contributed by atoms with Crippen LogP contribution in [0.15, 0.2) is 67.7 Å². The molecule has 168 valence electrons. The summed E-state index contributed by atoms with van der Waals surface area (Å²) in [5.41, 5.74) is 4.29. The maximum atomic E-state index is 12.6. The molecule has 33 heavy (non-hydrogen) atoms. The summed E-state index contributed by atoms with van der Waals surface area (Å²) in [7, 11) is 1.52. The second-order valence-electron chi connectivity index (χ2n) is 7.25. The van der Waals surface area contributed by atoms with Gasteiger partial charge in [0, 0.05) is 23.7 Å². The number of non-ortho nitro benzene ring substituents is 1. The number of nitrogens with zero attached hydrogens (tertiary/aromatic N) is 5. The molecule has 11 nitrogen and oxygen atoms in total. The number of rotatable bonds is 6. The van der Waals surface area contributed by atoms with Gasteiger partial charge in [-0.05, 0) is 42.3 Å². The Kier molecular flexibility index (Phi) is 5.92. The molecule has 4 aromatic rings. The Bertz CT molecular complexity index is 1520. The van der Waals surface area contributed by atoms with E-state index in [2.05, 4.69) is 36.4 Å². The molecule has 0 saturated heterocycles. The van der Waals surface area contributed by atoms with Gasteiger partial charge in [-0.1, -0.05) is 28.1 Å². The third kappa shape index (κ3) is 4.46. The summed E-state index contributed by atoms with van der Waals surface area (Å²) in [5, 5.41) is 15.2. The van der Waals surface area contributed by atoms with Gasteiger partial charge in [0.15, 0.2) is 11.2 Å². The first kappa shape index (κ1) is 22.1. The molecule has 12 heteroatoms. The van der Waals surface area contributed by atoms with E-state index in [1.54, 1.807) is 23.6 Å². The number of aromatic nitrogens is 4. The molecule has 0 atom stereocenters. The number of fused-ring (bicyclic) bond motifs is 1. The minimum Gasteiger partial charge on any atom is -0.298 e. The topological polar surface area (TPSA) is 140 Å². The van der Waals surface area contributed by atoms with Crippen LogP contribution in [0.3, 0.4) is 0 Å². The molecule has 2 aromatic heterocycles. The van der Waals surface area contributed by atoms with Gasteiger partial charge in [0.05, 0.1) is 17.2 Å². The first-order valence-electron chi connectivity index (χ1n) is 9.73. The third-order valence-corrected chi connectivity index (χ3v) is 5.55. The predicted molar refractivity (Wildman–Crippen MR) is 128 cm³/mol. The molecule has 0 bridgehead atoms. The lowest BCUT2D eigenvalue weighted by atomic mass is 10.1. The number of hydrazone groups is 1. The van der Waals surface area contributed by atoms with Crippen molar-refractivity contribution in [1.82, 2.24) is 19.1 Å². The molecular weight excluding hydrogens is 494 g/mol. The first-order valence-corrected chi connectivity index (χ1v) is 10.5. The van der Waals surface area contributed by atoms with Gasteiger partial charge in [0.25, 0.3) is 11.2 Å². The van der Waals surface area contributed by atoms with Gasteiger partial charge in [0.2, 0.25) is 5.95 Å². The summed E-state index contributed by atoms with van der Waals surface area (Å²) >= 11 is 3.44. The first-order chi connectivity index (χ1) is 15.7. The van der Waals surface area contributed by atoms with Crippen molar-refractivity contribution in [2.45, 2.75) is 13.5 Å². The fourth-order valence-corrected chi connectivity index (χ4v) is 3.76. The fraction of sp³-hybridized carbons (Fsp3) is 0.143. The van der Waals surface area contributed by atoms with Gasteiger partial charge >= 0.3 is 5.69 Å². The van der Waals surface area contributed by atoms with Gasteiger partial charge in [-0.25, -0.2) is 10.2 Å². The number of benzene rings is 2. The lowest BCUT2D eigenvalue weighted by Gasteiger charge is -2.09. The van der Waals surface area contributed by atoms with E-state index in [1.807, 2.05) is 24.3 Å². The van der Waals surface area contributed by atoms with E-state index in [0.29, 0.717) is 17.8 Å². The lowest BCUT2D eigenvalue weighted by Crippen LogP contribution is -2.29. The van der Waals surface area contributed by atoms with Crippen LogP contribution < -0.4 is 16.7 Å². The maximum absolute atomic E-state index is 12.6. The van der Waals surface area contributed by atoms with E-state index in [0.717, 1.165) is 10.0 Å². The van der Waals surface area contributed by atoms with Gasteiger partial charge in [-0.15, -0.1) is 0 Å². The third-order valence-electron chi connectivity index (χ3n) is 5.06. The second-order valence-corrected chi connectivity index (χ2v) is 8.17. The summed E-state index contributed by atoms with van der Waals surface area (Å²) in [4.78, 5) is 41.8. The SMILES string of the molecule is C/C(=N/Nc1nc2c(c(=O)[nH]c(=O)n2C)n1Cc1cccc(Br)c1)c1ccc([N+](=O)[O-])cc1. The number of halogens is 1. The predicted octanol–water partition coefficient (Wildman–Crippen LogP) is 2.98. The van der Waals surface area contributed by atoms with E-state index in [1.165, 1.54) is 23.7 Å². The number of nitrogens with one attached hydrogen (secondary N) is 2. The molecule has 0 amide bonds. The van der Waals surface area contributed by atoms with Crippen LogP contribution in [0.5, 0.6) is 0 Å². The molecule has 0 unspecified atom stereocenters. The van der Waals surface area contributed by atoms with Gasteiger partial charge in [-0.3, -0.25) is 29.0 Å². The highest BCUT2D eigenvalue weighted by Gasteiger charge is 2.18. The highest BCUT2D eigenvalue weighted by Crippen LogP contribution is 2.20. The normalized spacial score (nSPS) is 11.7. The van der Waals surface area contributed by atoms with E-state index >= 15 is 0 Å². The average Bonchev–Trinajstić information content (AvgIpc) is 3.14. The van der Waals surface area contributed by atoms with Crippen LogP contribution in [0.2, 0.25) is 0 Å². The zero-order valence-corrected chi connectivity index (χ0v) is 19.2. The molecule has 2 N–H and O–H groups in total. The quantitative estimate of drug-likeness (QED) is 0.231. The smallest absolute Gasteiger partial charge is 0.298 e. The van der Waals surface area contributed by atoms with Crippen LogP contribution >= 0.6 is 15.9 Å². The van der Waals surface area contributed by atoms with Crippen molar-refractivity contribution < 1.29 is 4.92 Å². The molecule has 0 aliphatic rings. The van der Waals surface area contributed by atoms with Crippen molar-refractivity contribution in [2.24, 2.45) is 12.1 Å². The van der Waals surface area contributed by atoms with Crippen LogP contribution in [-0.4, -0.2) is 29.7 Å². The number of nitro benzene ring substituents is 1. The Hall–Kier alpha value is -4.06. The molecule has 4 rings (SSSR count). The van der Waals surface area contributed by atoms with E-state index in [9.17, 15) is 19.7 Å². The van der Waals surface area contributed by atoms with E-state index in [4.69, 9.17) is 0 Å². The minimum atomic E-state index is -0.572. The van der Waals surface area contributed by atoms with Crippen molar-refractivity contribution in [1.29, 1.82) is 0 Å². The zero-order valence-electron chi connectivity index (χ0n) is 17.6. The molecule has 2 aromatic carbocycles. The highest BCUT2D eigenvalue weighted by molar-refractivity contribution is 9.10. The van der Waals surface area contributed by atoms with Crippen LogP contribution in [0, 0.1) is 10.1 Å². The molecule has 2 heterocycles. The highest BCUT2D eigenvalue weighted by atomic mass is 79.9. The molecule has 0 aliphatic heterocycles. The maximum Gasteiger partial charge on any atom is 0.329 e. The number of hydrogen-bond donors (Lipinski definition) is 2. The standard InChI is InChI=1S/C21H18BrN7O4/c1-12(14-6-8-16(9-7-14)29(32)33)25-26-20-23-18-17(19(30)24-21(31)27(18)2)28(20)11-13-4-3-5-15(22)10-13/h3-10H,11H2,1-2H3,(H,23,26)(H,24,30,31)/b25-12-. The van der Waals surface area contributed by atoms with E-state index in [-0.39, 0.29) is 22.8 Å². The van der Waals surface area contributed by atoms with Gasteiger partial charge < -0.3 is 0 Å². The average molecular weight is 512 g/mol. The van der Waals surface area contributed by atoms with Crippen molar-refractivity contribution in [2.75, 3.05) is 5.43 Å². The summed E-state index contributed by atoms with van der Waals surface area (Å²) in [6.07, 6.45) is 0. The van der Waals surface area contributed by atoms with Crippen molar-refractivity contribution in [3.8, 4) is 0 Å². The number of aromatic amines is 1. The number of aryl methyl sites for hydroxylation is 1. The Labute approximate surface area is 194 Å². The molecule has 0 aliphatic carbocycles. The van der Waals surface area contributed by atoms with Crippen LogP contribution in [0.1, 0.15) is 18.1 Å². The monoisotopic (exact) mass is 511 g/mol. The Morgan fingerprint density at radius 2 is 1.97 bits per heavy atom. The molecule has 0 radical (unpaired) electrons. The van der Waals surface area contributed by atoms with Crippen LogP contribution in [-0.2, 0) is 13.6 Å². The number of H-pyrrole nitrogens is 1. The number of anilines is 1. The largest absolute Gasteiger partial charge is 0.329 e. The summed E-state index contributed by atoms with van der Waals surface area (Å²) in [6.45, 7) is 2.03. The van der Waals surface area contributed by atoms with Crippen molar-refractivity contribution in [3.63, 3.8) is 0 Å². The molecule has 0 spiro atoms. The summed E-state index contributed by atoms with van der Waals surface area (Å²) < 4.78 is 3.78. The lowest BCUT2D eigenvalue weighted by molar-refractivity contribution is -0.384. The molecular formula is C21H18BrN7O4. The molecule has 0 fully saturated rings. The zero-order chi connectivity index (χ0) is 23.7. The number of hydrogen-bond acceptors (Lipinski definition) is 7. The minimum absolute atomic E-state index is 0.0181. The second kappa shape index (κ2) is 8.82. The van der Waals surface area contributed by atoms with E-state index < -0.39 is 16.2 Å². The number of imidazole rings is 1. The van der Waals surface area contributed by atoms with Crippen LogP contribution in [0.4, 0.5) is 11.6 Å².